The van der Waals surface area contributed by atoms with Crippen molar-refractivity contribution in [3.8, 4) is 11.5 Å². The second-order valence-electron chi connectivity index (χ2n) is 7.65. The third-order valence-electron chi connectivity index (χ3n) is 5.55. The summed E-state index contributed by atoms with van der Waals surface area (Å²) in [6, 6.07) is 14.0. The lowest BCUT2D eigenvalue weighted by atomic mass is 10.0. The van der Waals surface area contributed by atoms with E-state index in [0.29, 0.717) is 24.6 Å². The number of methoxy groups -OCH3 is 2. The molecule has 0 atom stereocenters. The fourth-order valence-corrected chi connectivity index (χ4v) is 3.84. The summed E-state index contributed by atoms with van der Waals surface area (Å²) in [6.07, 6.45) is 4.62. The van der Waals surface area contributed by atoms with E-state index < -0.39 is 0 Å². The van der Waals surface area contributed by atoms with Crippen molar-refractivity contribution >= 4 is 6.03 Å². The third kappa shape index (κ3) is 6.39. The molecule has 0 bridgehead atoms. The van der Waals surface area contributed by atoms with Crippen molar-refractivity contribution in [2.45, 2.75) is 38.8 Å². The molecule has 2 amide bonds. The average Bonchev–Trinajstić information content (AvgIpc) is 2.79. The summed E-state index contributed by atoms with van der Waals surface area (Å²) in [4.78, 5) is 14.8. The molecule has 30 heavy (non-hydrogen) atoms. The maximum atomic E-state index is 12.3. The Balaban J connectivity index is 1.45. The maximum absolute atomic E-state index is 12.3. The molecule has 1 aliphatic heterocycles. The van der Waals surface area contributed by atoms with Crippen molar-refractivity contribution in [3.05, 3.63) is 59.2 Å². The van der Waals surface area contributed by atoms with Crippen LogP contribution in [0.15, 0.2) is 42.5 Å². The van der Waals surface area contributed by atoms with Gasteiger partial charge in [0.25, 0.3) is 0 Å². The topological polar surface area (TPSA) is 62.8 Å². The van der Waals surface area contributed by atoms with Crippen LogP contribution in [0.25, 0.3) is 0 Å². The number of benzene rings is 2. The van der Waals surface area contributed by atoms with Crippen LogP contribution in [0.2, 0.25) is 0 Å². The van der Waals surface area contributed by atoms with Crippen molar-refractivity contribution in [1.29, 1.82) is 0 Å². The van der Waals surface area contributed by atoms with Crippen molar-refractivity contribution in [3.63, 3.8) is 0 Å². The monoisotopic (exact) mass is 411 g/mol. The van der Waals surface area contributed by atoms with Crippen molar-refractivity contribution in [2.75, 3.05) is 33.9 Å². The predicted molar refractivity (Wildman–Crippen MR) is 119 cm³/mol. The summed E-state index contributed by atoms with van der Waals surface area (Å²) in [7, 11) is 3.24. The SMILES string of the molecule is COc1ccc(CCNC(=O)NCc2ccccc2CN2CCCCC2)cc1OC. The Kier molecular flexibility index (Phi) is 8.39. The van der Waals surface area contributed by atoms with E-state index in [0.717, 1.165) is 18.5 Å². The number of rotatable bonds is 9. The molecule has 3 rings (SSSR count). The molecule has 0 spiro atoms. The molecule has 162 valence electrons. The lowest BCUT2D eigenvalue weighted by Crippen LogP contribution is -2.36. The molecule has 2 aromatic carbocycles. The number of ether oxygens (including phenoxy) is 2. The van der Waals surface area contributed by atoms with Gasteiger partial charge < -0.3 is 20.1 Å². The van der Waals surface area contributed by atoms with E-state index >= 15 is 0 Å². The van der Waals surface area contributed by atoms with Crippen LogP contribution in [-0.4, -0.2) is 44.8 Å². The van der Waals surface area contributed by atoms with Crippen LogP contribution in [0.4, 0.5) is 4.79 Å². The molecule has 6 heteroatoms. The van der Waals surface area contributed by atoms with Gasteiger partial charge in [0.1, 0.15) is 0 Å². The smallest absolute Gasteiger partial charge is 0.315 e. The summed E-state index contributed by atoms with van der Waals surface area (Å²) >= 11 is 0. The van der Waals surface area contributed by atoms with Gasteiger partial charge in [0.05, 0.1) is 14.2 Å². The molecule has 0 saturated carbocycles. The van der Waals surface area contributed by atoms with Gasteiger partial charge in [-0.15, -0.1) is 0 Å². The molecule has 1 fully saturated rings. The molecule has 1 heterocycles. The number of urea groups is 1. The predicted octanol–water partition coefficient (Wildman–Crippen LogP) is 3.73. The summed E-state index contributed by atoms with van der Waals surface area (Å²) in [6.45, 7) is 4.37. The zero-order chi connectivity index (χ0) is 21.2. The molecule has 0 radical (unpaired) electrons. The molecule has 1 aliphatic rings. The van der Waals surface area contributed by atoms with Crippen molar-refractivity contribution in [2.24, 2.45) is 0 Å². The number of nitrogens with zero attached hydrogens (tertiary/aromatic N) is 1. The van der Waals surface area contributed by atoms with Gasteiger partial charge in [0.15, 0.2) is 11.5 Å². The Morgan fingerprint density at radius 2 is 1.67 bits per heavy atom. The molecule has 2 aromatic rings. The Bertz CT molecular complexity index is 819. The molecule has 0 unspecified atom stereocenters. The van der Waals surface area contributed by atoms with Crippen LogP contribution in [0.3, 0.4) is 0 Å². The fraction of sp³-hybridized carbons (Fsp3) is 0.458. The van der Waals surface area contributed by atoms with Gasteiger partial charge in [-0.25, -0.2) is 4.79 Å². The van der Waals surface area contributed by atoms with E-state index in [2.05, 4.69) is 33.7 Å². The number of piperidine rings is 1. The number of carbonyl (C=O) groups is 1. The minimum absolute atomic E-state index is 0.150. The first kappa shape index (κ1) is 22.0. The number of carbonyl (C=O) groups excluding carboxylic acids is 1. The van der Waals surface area contributed by atoms with Crippen LogP contribution in [-0.2, 0) is 19.5 Å². The van der Waals surface area contributed by atoms with Crippen LogP contribution < -0.4 is 20.1 Å². The van der Waals surface area contributed by atoms with Crippen LogP contribution in [0, 0.1) is 0 Å². The number of hydrogen-bond donors (Lipinski definition) is 2. The van der Waals surface area contributed by atoms with Gasteiger partial charge in [0, 0.05) is 19.6 Å². The number of amides is 2. The summed E-state index contributed by atoms with van der Waals surface area (Å²) in [5.74, 6) is 1.40. The Labute approximate surface area is 179 Å². The largest absolute Gasteiger partial charge is 0.493 e. The van der Waals surface area contributed by atoms with E-state index in [1.165, 1.54) is 43.5 Å². The molecular weight excluding hydrogens is 378 g/mol. The van der Waals surface area contributed by atoms with Crippen LogP contribution in [0.1, 0.15) is 36.0 Å². The summed E-state index contributed by atoms with van der Waals surface area (Å²) in [5, 5.41) is 5.93. The van der Waals surface area contributed by atoms with Crippen LogP contribution in [0.5, 0.6) is 11.5 Å². The normalized spacial score (nSPS) is 14.2. The molecule has 2 N–H and O–H groups in total. The Morgan fingerprint density at radius 3 is 2.40 bits per heavy atom. The standard InChI is InChI=1S/C24H33N3O3/c1-29-22-11-10-19(16-23(22)30-2)12-13-25-24(28)26-17-20-8-4-5-9-21(20)18-27-14-6-3-7-15-27/h4-5,8-11,16H,3,6-7,12-15,17-18H2,1-2H3,(H2,25,26,28). The third-order valence-corrected chi connectivity index (χ3v) is 5.55. The quantitative estimate of drug-likeness (QED) is 0.660. The zero-order valence-electron chi connectivity index (χ0n) is 18.1. The second-order valence-corrected chi connectivity index (χ2v) is 7.65. The molecular formula is C24H33N3O3. The Morgan fingerprint density at radius 1 is 0.933 bits per heavy atom. The summed E-state index contributed by atoms with van der Waals surface area (Å²) < 4.78 is 10.6. The van der Waals surface area contributed by atoms with Crippen LogP contribution >= 0.6 is 0 Å². The minimum Gasteiger partial charge on any atom is -0.493 e. The first-order valence-corrected chi connectivity index (χ1v) is 10.7. The van der Waals surface area contributed by atoms with Crippen molar-refractivity contribution in [1.82, 2.24) is 15.5 Å². The number of nitrogens with one attached hydrogen (secondary N) is 2. The lowest BCUT2D eigenvalue weighted by Gasteiger charge is -2.27. The van der Waals surface area contributed by atoms with Gasteiger partial charge in [-0.2, -0.15) is 0 Å². The highest BCUT2D eigenvalue weighted by Crippen LogP contribution is 2.27. The Hall–Kier alpha value is -2.73. The van der Waals surface area contributed by atoms with E-state index in [9.17, 15) is 4.79 Å². The number of likely N-dealkylation sites (tertiary alicyclic amines) is 1. The maximum Gasteiger partial charge on any atom is 0.315 e. The molecule has 6 nitrogen and oxygen atoms in total. The van der Waals surface area contributed by atoms with Gasteiger partial charge in [0.2, 0.25) is 0 Å². The highest BCUT2D eigenvalue weighted by atomic mass is 16.5. The van der Waals surface area contributed by atoms with E-state index in [1.54, 1.807) is 14.2 Å². The first-order valence-electron chi connectivity index (χ1n) is 10.7. The number of hydrogen-bond acceptors (Lipinski definition) is 4. The van der Waals surface area contributed by atoms with Gasteiger partial charge in [-0.3, -0.25) is 4.90 Å². The second kappa shape index (κ2) is 11.5. The van der Waals surface area contributed by atoms with Gasteiger partial charge in [-0.1, -0.05) is 36.8 Å². The average molecular weight is 412 g/mol. The summed E-state index contributed by atoms with van der Waals surface area (Å²) in [5.41, 5.74) is 3.56. The molecule has 1 saturated heterocycles. The minimum atomic E-state index is -0.150. The fourth-order valence-electron chi connectivity index (χ4n) is 3.84. The zero-order valence-corrected chi connectivity index (χ0v) is 18.1. The van der Waals surface area contributed by atoms with E-state index in [-0.39, 0.29) is 6.03 Å². The van der Waals surface area contributed by atoms with E-state index in [1.807, 2.05) is 24.3 Å². The highest BCUT2D eigenvalue weighted by Gasteiger charge is 2.13. The highest BCUT2D eigenvalue weighted by molar-refractivity contribution is 5.73. The van der Waals surface area contributed by atoms with E-state index in [4.69, 9.17) is 9.47 Å². The molecule has 0 aliphatic carbocycles. The molecule has 0 aromatic heterocycles. The lowest BCUT2D eigenvalue weighted by molar-refractivity contribution is 0.220. The van der Waals surface area contributed by atoms with Gasteiger partial charge >= 0.3 is 6.03 Å². The van der Waals surface area contributed by atoms with Gasteiger partial charge in [-0.05, 0) is 61.2 Å². The van der Waals surface area contributed by atoms with Crippen molar-refractivity contribution < 1.29 is 14.3 Å². The first-order chi connectivity index (χ1) is 14.7.